The highest BCUT2D eigenvalue weighted by Gasteiger charge is 2.15. The number of carbonyl (C=O) groups is 1. The molecule has 1 aromatic heterocycles. The van der Waals surface area contributed by atoms with E-state index >= 15 is 0 Å². The Hall–Kier alpha value is -1.62. The summed E-state index contributed by atoms with van der Waals surface area (Å²) in [6.45, 7) is 4.44. The quantitative estimate of drug-likeness (QED) is 0.802. The second-order valence-corrected chi connectivity index (χ2v) is 5.01. The average molecular weight is 277 g/mol. The lowest BCUT2D eigenvalue weighted by atomic mass is 10.2. The molecule has 110 valence electrons. The van der Waals surface area contributed by atoms with Crippen LogP contribution in [0.3, 0.4) is 0 Å². The van der Waals surface area contributed by atoms with E-state index in [1.54, 1.807) is 6.07 Å². The smallest absolute Gasteiger partial charge is 0.269 e. The van der Waals surface area contributed by atoms with Crippen LogP contribution in [0.5, 0.6) is 0 Å². The summed E-state index contributed by atoms with van der Waals surface area (Å²) in [5.74, 6) is 0.627. The van der Waals surface area contributed by atoms with Crippen LogP contribution in [-0.2, 0) is 4.74 Å². The number of anilines is 1. The third-order valence-corrected chi connectivity index (χ3v) is 3.31. The molecule has 5 heteroatoms. The topological polar surface area (TPSA) is 63.2 Å². The minimum absolute atomic E-state index is 0.122. The Morgan fingerprint density at radius 1 is 1.45 bits per heavy atom. The predicted molar refractivity (Wildman–Crippen MR) is 78.9 cm³/mol. The molecule has 1 aliphatic heterocycles. The van der Waals surface area contributed by atoms with Crippen molar-refractivity contribution in [3.05, 3.63) is 23.9 Å². The fourth-order valence-electron chi connectivity index (χ4n) is 2.22. The van der Waals surface area contributed by atoms with Gasteiger partial charge in [0.2, 0.25) is 0 Å². The van der Waals surface area contributed by atoms with Crippen molar-refractivity contribution in [2.45, 2.75) is 38.7 Å². The summed E-state index contributed by atoms with van der Waals surface area (Å²) in [6, 6.07) is 5.46. The average Bonchev–Trinajstić information content (AvgIpc) is 2.98. The number of nitrogens with zero attached hydrogens (tertiary/aromatic N) is 1. The number of carbonyl (C=O) groups excluding carboxylic acids is 1. The number of hydrogen-bond donors (Lipinski definition) is 2. The lowest BCUT2D eigenvalue weighted by Gasteiger charge is -2.10. The van der Waals surface area contributed by atoms with Gasteiger partial charge in [0.15, 0.2) is 0 Å². The van der Waals surface area contributed by atoms with Gasteiger partial charge in [-0.2, -0.15) is 0 Å². The summed E-state index contributed by atoms with van der Waals surface area (Å²) in [5, 5.41) is 6.08. The van der Waals surface area contributed by atoms with Gasteiger partial charge in [-0.15, -0.1) is 0 Å². The van der Waals surface area contributed by atoms with E-state index in [9.17, 15) is 4.79 Å². The third-order valence-electron chi connectivity index (χ3n) is 3.31. The Morgan fingerprint density at radius 3 is 3.10 bits per heavy atom. The molecule has 0 aromatic carbocycles. The number of hydrogen-bond acceptors (Lipinski definition) is 4. The molecule has 2 rings (SSSR count). The summed E-state index contributed by atoms with van der Waals surface area (Å²) in [4.78, 5) is 16.3. The van der Waals surface area contributed by atoms with Crippen molar-refractivity contribution in [2.75, 3.05) is 25.0 Å². The van der Waals surface area contributed by atoms with Gasteiger partial charge in [0.1, 0.15) is 11.5 Å². The van der Waals surface area contributed by atoms with E-state index in [2.05, 4.69) is 22.5 Å². The van der Waals surface area contributed by atoms with Crippen LogP contribution in [0.2, 0.25) is 0 Å². The van der Waals surface area contributed by atoms with Gasteiger partial charge >= 0.3 is 0 Å². The summed E-state index contributed by atoms with van der Waals surface area (Å²) in [7, 11) is 0. The van der Waals surface area contributed by atoms with Crippen molar-refractivity contribution < 1.29 is 9.53 Å². The maximum Gasteiger partial charge on any atom is 0.269 e. The van der Waals surface area contributed by atoms with Crippen LogP contribution in [0.15, 0.2) is 18.2 Å². The molecule has 1 aliphatic rings. The molecule has 0 saturated carbocycles. The van der Waals surface area contributed by atoms with Gasteiger partial charge in [-0.3, -0.25) is 4.79 Å². The molecule has 0 bridgehead atoms. The zero-order chi connectivity index (χ0) is 14.2. The number of pyridine rings is 1. The number of ether oxygens (including phenoxy) is 1. The minimum atomic E-state index is -0.122. The summed E-state index contributed by atoms with van der Waals surface area (Å²) < 4.78 is 5.53. The van der Waals surface area contributed by atoms with E-state index in [-0.39, 0.29) is 5.91 Å². The predicted octanol–water partition coefficient (Wildman–Crippen LogP) is 2.20. The Bertz CT molecular complexity index is 431. The molecule has 1 unspecified atom stereocenters. The lowest BCUT2D eigenvalue weighted by molar-refractivity contribution is 0.0903. The first-order valence-electron chi connectivity index (χ1n) is 7.40. The van der Waals surface area contributed by atoms with Gasteiger partial charge < -0.3 is 15.4 Å². The molecule has 0 aliphatic carbocycles. The molecule has 1 fully saturated rings. The Kier molecular flexibility index (Phi) is 5.80. The fraction of sp³-hybridized carbons (Fsp3) is 0.600. The van der Waals surface area contributed by atoms with Crippen LogP contribution in [0.25, 0.3) is 0 Å². The van der Waals surface area contributed by atoms with Gasteiger partial charge in [-0.05, 0) is 37.8 Å². The Morgan fingerprint density at radius 2 is 2.35 bits per heavy atom. The Balaban J connectivity index is 1.78. The van der Waals surface area contributed by atoms with Gasteiger partial charge in [-0.1, -0.05) is 13.0 Å². The van der Waals surface area contributed by atoms with Crippen LogP contribution >= 0.6 is 0 Å². The lowest BCUT2D eigenvalue weighted by Crippen LogP contribution is -2.27. The standard InChI is InChI=1S/C15H23N3O2/c1-2-9-16-14-7-3-6-13(18-14)15(19)17-10-8-12-5-4-11-20-12/h3,6-7,12H,2,4-5,8-11H2,1H3,(H,16,18)(H,17,19). The second-order valence-electron chi connectivity index (χ2n) is 5.01. The summed E-state index contributed by atoms with van der Waals surface area (Å²) in [6.07, 6.45) is 4.44. The van der Waals surface area contributed by atoms with Crippen molar-refractivity contribution in [1.82, 2.24) is 10.3 Å². The summed E-state index contributed by atoms with van der Waals surface area (Å²) >= 11 is 0. The number of rotatable bonds is 7. The van der Waals surface area contributed by atoms with Crippen molar-refractivity contribution in [3.63, 3.8) is 0 Å². The zero-order valence-corrected chi connectivity index (χ0v) is 12.0. The van der Waals surface area contributed by atoms with E-state index in [4.69, 9.17) is 4.74 Å². The first-order valence-corrected chi connectivity index (χ1v) is 7.40. The number of aromatic nitrogens is 1. The number of amides is 1. The van der Waals surface area contributed by atoms with Gasteiger partial charge in [0.05, 0.1) is 6.10 Å². The maximum absolute atomic E-state index is 12.0. The molecule has 2 heterocycles. The molecule has 0 radical (unpaired) electrons. The zero-order valence-electron chi connectivity index (χ0n) is 12.0. The summed E-state index contributed by atoms with van der Waals surface area (Å²) in [5.41, 5.74) is 0.457. The third kappa shape index (κ3) is 4.49. The molecule has 5 nitrogen and oxygen atoms in total. The van der Waals surface area contributed by atoms with E-state index in [0.717, 1.165) is 44.7 Å². The second kappa shape index (κ2) is 7.85. The highest BCUT2D eigenvalue weighted by Crippen LogP contribution is 2.14. The van der Waals surface area contributed by atoms with Gasteiger partial charge in [0, 0.05) is 19.7 Å². The van der Waals surface area contributed by atoms with Crippen LogP contribution in [0.1, 0.15) is 43.1 Å². The molecule has 0 spiro atoms. The minimum Gasteiger partial charge on any atom is -0.378 e. The van der Waals surface area contributed by atoms with Gasteiger partial charge in [0.25, 0.3) is 5.91 Å². The fourth-order valence-corrected chi connectivity index (χ4v) is 2.22. The van der Waals surface area contributed by atoms with Crippen molar-refractivity contribution in [1.29, 1.82) is 0 Å². The van der Waals surface area contributed by atoms with E-state index in [0.29, 0.717) is 18.3 Å². The van der Waals surface area contributed by atoms with E-state index in [1.165, 1.54) is 0 Å². The SMILES string of the molecule is CCCNc1cccc(C(=O)NCCC2CCCO2)n1. The van der Waals surface area contributed by atoms with Crippen LogP contribution in [0.4, 0.5) is 5.82 Å². The molecule has 1 aromatic rings. The molecule has 2 N–H and O–H groups in total. The van der Waals surface area contributed by atoms with E-state index in [1.807, 2.05) is 12.1 Å². The van der Waals surface area contributed by atoms with Crippen molar-refractivity contribution in [3.8, 4) is 0 Å². The van der Waals surface area contributed by atoms with Crippen molar-refractivity contribution >= 4 is 11.7 Å². The first-order chi connectivity index (χ1) is 9.79. The van der Waals surface area contributed by atoms with Crippen molar-refractivity contribution in [2.24, 2.45) is 0 Å². The molecular weight excluding hydrogens is 254 g/mol. The van der Waals surface area contributed by atoms with Gasteiger partial charge in [-0.25, -0.2) is 4.98 Å². The molecule has 1 saturated heterocycles. The molecule has 1 atom stereocenters. The normalized spacial score (nSPS) is 17.9. The highest BCUT2D eigenvalue weighted by atomic mass is 16.5. The maximum atomic E-state index is 12.0. The Labute approximate surface area is 120 Å². The largest absolute Gasteiger partial charge is 0.378 e. The van der Waals surface area contributed by atoms with Crippen LogP contribution in [0, 0.1) is 0 Å². The molecular formula is C15H23N3O2. The first kappa shape index (κ1) is 14.8. The van der Waals surface area contributed by atoms with Crippen LogP contribution in [-0.4, -0.2) is 36.7 Å². The van der Waals surface area contributed by atoms with Crippen LogP contribution < -0.4 is 10.6 Å². The molecule has 20 heavy (non-hydrogen) atoms. The monoisotopic (exact) mass is 277 g/mol. The highest BCUT2D eigenvalue weighted by molar-refractivity contribution is 5.92. The molecule has 1 amide bonds. The van der Waals surface area contributed by atoms with E-state index < -0.39 is 0 Å². The number of nitrogens with one attached hydrogen (secondary N) is 2.